The van der Waals surface area contributed by atoms with Gasteiger partial charge in [0.05, 0.1) is 5.60 Å². The molecule has 1 atom stereocenters. The predicted octanol–water partition coefficient (Wildman–Crippen LogP) is 1.40. The Labute approximate surface area is 102 Å². The van der Waals surface area contributed by atoms with Crippen molar-refractivity contribution < 1.29 is 9.84 Å². The number of aliphatic hydroxyl groups is 1. The Morgan fingerprint density at radius 1 is 1.38 bits per heavy atom. The second-order valence-corrected chi connectivity index (χ2v) is 6.09. The zero-order valence-electron chi connectivity index (χ0n) is 9.91. The lowest BCUT2D eigenvalue weighted by Gasteiger charge is -2.43. The van der Waals surface area contributed by atoms with E-state index >= 15 is 0 Å². The minimum absolute atomic E-state index is 0.181. The van der Waals surface area contributed by atoms with Gasteiger partial charge in [-0.15, -0.1) is 0 Å². The molecule has 0 aromatic carbocycles. The highest BCUT2D eigenvalue weighted by Gasteiger charge is 2.38. The first-order valence-electron chi connectivity index (χ1n) is 6.41. The van der Waals surface area contributed by atoms with Crippen molar-refractivity contribution in [3.63, 3.8) is 0 Å². The molecule has 2 saturated heterocycles. The van der Waals surface area contributed by atoms with Gasteiger partial charge in [0.25, 0.3) is 0 Å². The first kappa shape index (κ1) is 12.7. The summed E-state index contributed by atoms with van der Waals surface area (Å²) < 4.78 is 6.04. The molecule has 2 fully saturated rings. The minimum Gasteiger partial charge on any atom is -0.396 e. The van der Waals surface area contributed by atoms with Crippen LogP contribution in [0.25, 0.3) is 0 Å². The van der Waals surface area contributed by atoms with Gasteiger partial charge >= 0.3 is 0 Å². The lowest BCUT2D eigenvalue weighted by atomic mass is 9.85. The molecule has 3 nitrogen and oxygen atoms in total. The average Bonchev–Trinajstić information content (AvgIpc) is 2.31. The van der Waals surface area contributed by atoms with Crippen LogP contribution in [0, 0.1) is 0 Å². The zero-order valence-corrected chi connectivity index (χ0v) is 10.7. The molecule has 4 heteroatoms. The minimum atomic E-state index is 0.181. The molecule has 2 aliphatic heterocycles. The molecule has 0 radical (unpaired) electrons. The summed E-state index contributed by atoms with van der Waals surface area (Å²) in [6.45, 7) is 2.13. The third kappa shape index (κ3) is 3.36. The van der Waals surface area contributed by atoms with Crippen molar-refractivity contribution in [1.82, 2.24) is 5.32 Å². The van der Waals surface area contributed by atoms with Crippen molar-refractivity contribution in [1.29, 1.82) is 0 Å². The monoisotopic (exact) mass is 245 g/mol. The summed E-state index contributed by atoms with van der Waals surface area (Å²) in [6.07, 6.45) is 5.59. The Balaban J connectivity index is 1.78. The van der Waals surface area contributed by atoms with Gasteiger partial charge in [-0.1, -0.05) is 0 Å². The number of hydrogen-bond donors (Lipinski definition) is 2. The lowest BCUT2D eigenvalue weighted by Crippen LogP contribution is -2.49. The standard InChI is InChI=1S/C12H23NO2S/c14-6-1-5-13-11-2-7-15-12(10-11)3-8-16-9-4-12/h11,13-14H,1-10H2. The van der Waals surface area contributed by atoms with E-state index in [2.05, 4.69) is 17.1 Å². The van der Waals surface area contributed by atoms with Gasteiger partial charge in [-0.05, 0) is 50.2 Å². The summed E-state index contributed by atoms with van der Waals surface area (Å²) in [6, 6.07) is 0.600. The molecule has 0 aromatic rings. The molecular formula is C12H23NO2S. The molecule has 2 rings (SSSR count). The van der Waals surface area contributed by atoms with E-state index in [9.17, 15) is 0 Å². The Morgan fingerprint density at radius 2 is 2.19 bits per heavy atom. The zero-order chi connectivity index (χ0) is 11.3. The molecule has 0 aromatic heterocycles. The number of nitrogens with one attached hydrogen (secondary N) is 1. The first-order valence-corrected chi connectivity index (χ1v) is 7.56. The summed E-state index contributed by atoms with van der Waals surface area (Å²) in [5.41, 5.74) is 0.181. The van der Waals surface area contributed by atoms with Crippen molar-refractivity contribution in [2.45, 2.75) is 43.7 Å². The van der Waals surface area contributed by atoms with Gasteiger partial charge in [0, 0.05) is 19.3 Å². The van der Waals surface area contributed by atoms with Crippen LogP contribution in [0.2, 0.25) is 0 Å². The van der Waals surface area contributed by atoms with Crippen LogP contribution in [0.3, 0.4) is 0 Å². The second-order valence-electron chi connectivity index (χ2n) is 4.86. The Morgan fingerprint density at radius 3 is 2.94 bits per heavy atom. The molecule has 0 saturated carbocycles. The van der Waals surface area contributed by atoms with Gasteiger partial charge in [0.15, 0.2) is 0 Å². The Kier molecular flexibility index (Phi) is 4.95. The van der Waals surface area contributed by atoms with E-state index in [0.717, 1.165) is 26.0 Å². The maximum Gasteiger partial charge on any atom is 0.0713 e. The van der Waals surface area contributed by atoms with Crippen LogP contribution >= 0.6 is 11.8 Å². The van der Waals surface area contributed by atoms with E-state index in [-0.39, 0.29) is 12.2 Å². The molecule has 2 N–H and O–H groups in total. The van der Waals surface area contributed by atoms with Crippen molar-refractivity contribution in [2.24, 2.45) is 0 Å². The third-order valence-electron chi connectivity index (χ3n) is 3.66. The van der Waals surface area contributed by atoms with E-state index < -0.39 is 0 Å². The van der Waals surface area contributed by atoms with Crippen LogP contribution in [0.15, 0.2) is 0 Å². The fourth-order valence-electron chi connectivity index (χ4n) is 2.68. The SMILES string of the molecule is OCCCNC1CCOC2(CCSCC2)C1. The maximum absolute atomic E-state index is 8.77. The molecule has 0 aliphatic carbocycles. The number of aliphatic hydroxyl groups excluding tert-OH is 1. The van der Waals surface area contributed by atoms with Crippen molar-refractivity contribution >= 4 is 11.8 Å². The largest absolute Gasteiger partial charge is 0.396 e. The Hall–Kier alpha value is 0.230. The van der Waals surface area contributed by atoms with Crippen molar-refractivity contribution in [3.05, 3.63) is 0 Å². The lowest BCUT2D eigenvalue weighted by molar-refractivity contribution is -0.0931. The van der Waals surface area contributed by atoms with Crippen LogP contribution in [0.1, 0.15) is 32.1 Å². The molecule has 2 heterocycles. The smallest absolute Gasteiger partial charge is 0.0713 e. The van der Waals surface area contributed by atoms with Gasteiger partial charge in [-0.2, -0.15) is 11.8 Å². The molecule has 1 unspecified atom stereocenters. The average molecular weight is 245 g/mol. The highest BCUT2D eigenvalue weighted by atomic mass is 32.2. The highest BCUT2D eigenvalue weighted by molar-refractivity contribution is 7.99. The maximum atomic E-state index is 8.77. The molecule has 0 amide bonds. The number of rotatable bonds is 4. The third-order valence-corrected chi connectivity index (χ3v) is 4.65. The highest BCUT2D eigenvalue weighted by Crippen LogP contribution is 2.37. The van der Waals surface area contributed by atoms with Crippen LogP contribution in [-0.4, -0.2) is 48.0 Å². The van der Waals surface area contributed by atoms with Gasteiger partial charge in [0.1, 0.15) is 0 Å². The number of ether oxygens (including phenoxy) is 1. The fraction of sp³-hybridized carbons (Fsp3) is 1.00. The molecular weight excluding hydrogens is 222 g/mol. The predicted molar refractivity (Wildman–Crippen MR) is 68.0 cm³/mol. The van der Waals surface area contributed by atoms with Crippen LogP contribution < -0.4 is 5.32 Å². The molecule has 16 heavy (non-hydrogen) atoms. The summed E-state index contributed by atoms with van der Waals surface area (Å²) in [5, 5.41) is 12.3. The quantitative estimate of drug-likeness (QED) is 0.735. The summed E-state index contributed by atoms with van der Waals surface area (Å²) in [7, 11) is 0. The number of thioether (sulfide) groups is 1. The summed E-state index contributed by atoms with van der Waals surface area (Å²) >= 11 is 2.05. The van der Waals surface area contributed by atoms with E-state index in [1.165, 1.54) is 30.8 Å². The van der Waals surface area contributed by atoms with Crippen LogP contribution in [0.4, 0.5) is 0 Å². The van der Waals surface area contributed by atoms with Gasteiger partial charge in [-0.25, -0.2) is 0 Å². The second kappa shape index (κ2) is 6.24. The molecule has 0 bridgehead atoms. The van der Waals surface area contributed by atoms with Gasteiger partial charge < -0.3 is 15.2 Å². The summed E-state index contributed by atoms with van der Waals surface area (Å²) in [4.78, 5) is 0. The van der Waals surface area contributed by atoms with E-state index in [1.54, 1.807) is 0 Å². The topological polar surface area (TPSA) is 41.5 Å². The molecule has 1 spiro atoms. The van der Waals surface area contributed by atoms with E-state index in [1.807, 2.05) is 0 Å². The Bertz CT molecular complexity index is 202. The van der Waals surface area contributed by atoms with Crippen LogP contribution in [-0.2, 0) is 4.74 Å². The first-order chi connectivity index (χ1) is 7.85. The van der Waals surface area contributed by atoms with E-state index in [4.69, 9.17) is 9.84 Å². The van der Waals surface area contributed by atoms with Gasteiger partial charge in [0.2, 0.25) is 0 Å². The normalized spacial score (nSPS) is 29.4. The van der Waals surface area contributed by atoms with Crippen LogP contribution in [0.5, 0.6) is 0 Å². The molecule has 2 aliphatic rings. The number of hydrogen-bond acceptors (Lipinski definition) is 4. The van der Waals surface area contributed by atoms with Gasteiger partial charge in [-0.3, -0.25) is 0 Å². The van der Waals surface area contributed by atoms with Crippen molar-refractivity contribution in [2.75, 3.05) is 31.3 Å². The van der Waals surface area contributed by atoms with Crippen molar-refractivity contribution in [3.8, 4) is 0 Å². The van der Waals surface area contributed by atoms with E-state index in [0.29, 0.717) is 6.04 Å². The summed E-state index contributed by atoms with van der Waals surface area (Å²) in [5.74, 6) is 2.51. The fourth-order valence-corrected chi connectivity index (χ4v) is 3.92. The molecule has 94 valence electrons.